The van der Waals surface area contributed by atoms with Gasteiger partial charge in [0, 0.05) is 10.6 Å². The zero-order valence-corrected chi connectivity index (χ0v) is 13.1. The van der Waals surface area contributed by atoms with Crippen molar-refractivity contribution in [2.24, 2.45) is 0 Å². The maximum atomic E-state index is 12.1. The van der Waals surface area contributed by atoms with Gasteiger partial charge >= 0.3 is 0 Å². The monoisotopic (exact) mass is 303 g/mol. The zero-order valence-electron chi connectivity index (χ0n) is 10.7. The number of rotatable bonds is 7. The highest BCUT2D eigenvalue weighted by molar-refractivity contribution is 8.14. The number of carbonyl (C=O) groups excluding carboxylic acids is 1. The van der Waals surface area contributed by atoms with E-state index >= 15 is 0 Å². The Morgan fingerprint density at radius 3 is 2.72 bits per heavy atom. The van der Waals surface area contributed by atoms with Crippen molar-refractivity contribution in [3.63, 3.8) is 0 Å². The van der Waals surface area contributed by atoms with Gasteiger partial charge < -0.3 is 0 Å². The van der Waals surface area contributed by atoms with Gasteiger partial charge in [0.1, 0.15) is 10.8 Å². The molecule has 1 rings (SSSR count). The van der Waals surface area contributed by atoms with Crippen molar-refractivity contribution < 1.29 is 4.79 Å². The predicted molar refractivity (Wildman–Crippen MR) is 82.0 cm³/mol. The Balaban J connectivity index is 2.76. The van der Waals surface area contributed by atoms with E-state index in [0.717, 1.165) is 35.7 Å². The summed E-state index contributed by atoms with van der Waals surface area (Å²) in [5, 5.41) is 0.417. The summed E-state index contributed by atoms with van der Waals surface area (Å²) in [4.78, 5) is 17.2. The zero-order chi connectivity index (χ0) is 13.4. The van der Waals surface area contributed by atoms with E-state index in [1.165, 1.54) is 11.8 Å². The van der Waals surface area contributed by atoms with E-state index in [0.29, 0.717) is 10.8 Å². The topological polar surface area (TPSA) is 30.0 Å². The number of pyridine rings is 1. The summed E-state index contributed by atoms with van der Waals surface area (Å²) in [6, 6.07) is 3.64. The number of hydrogen-bond acceptors (Lipinski definition) is 4. The molecule has 0 aliphatic heterocycles. The van der Waals surface area contributed by atoms with Gasteiger partial charge in [-0.2, -0.15) is 0 Å². The lowest BCUT2D eigenvalue weighted by Gasteiger charge is -2.07. The van der Waals surface area contributed by atoms with Crippen molar-refractivity contribution in [3.8, 4) is 0 Å². The second kappa shape index (κ2) is 8.83. The van der Waals surface area contributed by atoms with E-state index in [1.807, 2.05) is 6.07 Å². The van der Waals surface area contributed by atoms with Crippen molar-refractivity contribution in [1.29, 1.82) is 0 Å². The highest BCUT2D eigenvalue weighted by Crippen LogP contribution is 2.27. The van der Waals surface area contributed by atoms with Gasteiger partial charge in [0.2, 0.25) is 5.12 Å². The summed E-state index contributed by atoms with van der Waals surface area (Å²) < 4.78 is 0. The van der Waals surface area contributed by atoms with E-state index in [4.69, 9.17) is 11.6 Å². The third kappa shape index (κ3) is 5.21. The first kappa shape index (κ1) is 15.9. The third-order valence-electron chi connectivity index (χ3n) is 2.21. The number of aromatic nitrogens is 1. The lowest BCUT2D eigenvalue weighted by Crippen LogP contribution is -2.02. The van der Waals surface area contributed by atoms with Crippen molar-refractivity contribution in [2.75, 3.05) is 11.5 Å². The number of unbranched alkanes of at least 4 members (excludes halogenated alkanes) is 1. The van der Waals surface area contributed by atoms with E-state index in [1.54, 1.807) is 17.8 Å². The molecule has 0 spiro atoms. The summed E-state index contributed by atoms with van der Waals surface area (Å²) >= 11 is 8.88. The molecule has 0 aromatic carbocycles. The SMILES string of the molecule is CCCCSC(=O)c1nc(Cl)ccc1SCCC. The fourth-order valence-corrected chi connectivity index (χ4v) is 3.26. The molecule has 0 saturated carbocycles. The van der Waals surface area contributed by atoms with E-state index in [-0.39, 0.29) is 5.12 Å². The number of nitrogens with zero attached hydrogens (tertiary/aromatic N) is 1. The molecule has 0 amide bonds. The van der Waals surface area contributed by atoms with Gasteiger partial charge in [0.05, 0.1) is 0 Å². The Kier molecular flexibility index (Phi) is 7.79. The molecule has 0 fully saturated rings. The maximum Gasteiger partial charge on any atom is 0.238 e. The molecule has 0 aliphatic rings. The summed E-state index contributed by atoms with van der Waals surface area (Å²) in [6.45, 7) is 4.24. The normalized spacial score (nSPS) is 10.6. The average molecular weight is 304 g/mol. The quantitative estimate of drug-likeness (QED) is 0.407. The predicted octanol–water partition coefficient (Wildman–Crippen LogP) is 4.91. The minimum Gasteiger partial charge on any atom is -0.280 e. The van der Waals surface area contributed by atoms with E-state index < -0.39 is 0 Å². The van der Waals surface area contributed by atoms with Gasteiger partial charge in [-0.25, -0.2) is 4.98 Å². The fraction of sp³-hybridized carbons (Fsp3) is 0.538. The van der Waals surface area contributed by atoms with Crippen LogP contribution in [0.3, 0.4) is 0 Å². The molecule has 5 heteroatoms. The van der Waals surface area contributed by atoms with Crippen LogP contribution in [-0.2, 0) is 0 Å². The fourth-order valence-electron chi connectivity index (χ4n) is 1.27. The van der Waals surface area contributed by atoms with Crippen LogP contribution in [0.1, 0.15) is 43.6 Å². The standard InChI is InChI=1S/C13H18ClNOS2/c1-3-5-9-18-13(16)12-10(17-8-4-2)6-7-11(14)15-12/h6-7H,3-5,8-9H2,1-2H3. The summed E-state index contributed by atoms with van der Waals surface area (Å²) in [5.41, 5.74) is 0.516. The van der Waals surface area contributed by atoms with Crippen LogP contribution in [0.5, 0.6) is 0 Å². The second-order valence-electron chi connectivity index (χ2n) is 3.82. The first-order valence-corrected chi connectivity index (χ1v) is 8.50. The molecule has 0 bridgehead atoms. The first-order valence-electron chi connectivity index (χ1n) is 6.15. The van der Waals surface area contributed by atoms with Gasteiger partial charge in [-0.3, -0.25) is 4.79 Å². The van der Waals surface area contributed by atoms with Crippen LogP contribution >= 0.6 is 35.1 Å². The molecule has 18 heavy (non-hydrogen) atoms. The maximum absolute atomic E-state index is 12.1. The van der Waals surface area contributed by atoms with Crippen LogP contribution in [0.2, 0.25) is 5.15 Å². The van der Waals surface area contributed by atoms with Crippen LogP contribution in [0.15, 0.2) is 17.0 Å². The van der Waals surface area contributed by atoms with Gasteiger partial charge in [-0.15, -0.1) is 11.8 Å². The highest BCUT2D eigenvalue weighted by Gasteiger charge is 2.14. The number of carbonyl (C=O) groups is 1. The first-order chi connectivity index (χ1) is 8.69. The van der Waals surface area contributed by atoms with Crippen molar-refractivity contribution in [1.82, 2.24) is 4.98 Å². The third-order valence-corrected chi connectivity index (χ3v) is 4.62. The Morgan fingerprint density at radius 2 is 2.06 bits per heavy atom. The van der Waals surface area contributed by atoms with Gasteiger partial charge in [0.25, 0.3) is 0 Å². The van der Waals surface area contributed by atoms with Crippen LogP contribution in [-0.4, -0.2) is 21.6 Å². The molecule has 0 saturated heterocycles. The second-order valence-corrected chi connectivity index (χ2v) is 6.41. The molecule has 100 valence electrons. The number of thioether (sulfide) groups is 2. The van der Waals surface area contributed by atoms with Gasteiger partial charge in [-0.05, 0) is 30.7 Å². The summed E-state index contributed by atoms with van der Waals surface area (Å²) in [5.74, 6) is 1.84. The van der Waals surface area contributed by atoms with Gasteiger partial charge in [0.15, 0.2) is 0 Å². The van der Waals surface area contributed by atoms with Crippen LogP contribution in [0.25, 0.3) is 0 Å². The van der Waals surface area contributed by atoms with Crippen molar-refractivity contribution >= 4 is 40.2 Å². The smallest absolute Gasteiger partial charge is 0.238 e. The molecule has 1 aromatic heterocycles. The minimum absolute atomic E-state index is 0.0320. The molecule has 0 N–H and O–H groups in total. The van der Waals surface area contributed by atoms with E-state index in [2.05, 4.69) is 18.8 Å². The Hall–Kier alpha value is -0.190. The molecule has 0 aliphatic carbocycles. The Labute approximate surface area is 122 Å². The van der Waals surface area contributed by atoms with Crippen molar-refractivity contribution in [2.45, 2.75) is 38.0 Å². The molecule has 1 aromatic rings. The molecule has 0 radical (unpaired) electrons. The van der Waals surface area contributed by atoms with Crippen molar-refractivity contribution in [3.05, 3.63) is 23.0 Å². The highest BCUT2D eigenvalue weighted by atomic mass is 35.5. The molecular weight excluding hydrogens is 286 g/mol. The Morgan fingerprint density at radius 1 is 1.28 bits per heavy atom. The summed E-state index contributed by atoms with van der Waals surface area (Å²) in [7, 11) is 0. The van der Waals surface area contributed by atoms with Crippen LogP contribution < -0.4 is 0 Å². The lowest BCUT2D eigenvalue weighted by atomic mass is 10.4. The minimum atomic E-state index is 0.0320. The Bertz CT molecular complexity index is 399. The van der Waals surface area contributed by atoms with Crippen LogP contribution in [0, 0.1) is 0 Å². The van der Waals surface area contributed by atoms with E-state index in [9.17, 15) is 4.79 Å². The van der Waals surface area contributed by atoms with Crippen LogP contribution in [0.4, 0.5) is 0 Å². The lowest BCUT2D eigenvalue weighted by molar-refractivity contribution is 0.108. The average Bonchev–Trinajstić information content (AvgIpc) is 2.37. The number of halogens is 1. The molecule has 1 heterocycles. The number of hydrogen-bond donors (Lipinski definition) is 0. The molecular formula is C13H18ClNOS2. The molecule has 2 nitrogen and oxygen atoms in total. The molecule has 0 atom stereocenters. The summed E-state index contributed by atoms with van der Waals surface area (Å²) in [6.07, 6.45) is 3.22. The molecule has 0 unspecified atom stereocenters. The largest absolute Gasteiger partial charge is 0.280 e. The van der Waals surface area contributed by atoms with Gasteiger partial charge in [-0.1, -0.05) is 43.6 Å².